The Balaban J connectivity index is 1.66. The van der Waals surface area contributed by atoms with Gasteiger partial charge in [0, 0.05) is 11.5 Å². The largest absolute Gasteiger partial charge is 0.482 e. The first-order valence-electron chi connectivity index (χ1n) is 16.3. The van der Waals surface area contributed by atoms with E-state index in [1.807, 2.05) is 11.8 Å². The van der Waals surface area contributed by atoms with E-state index >= 15 is 0 Å². The summed E-state index contributed by atoms with van der Waals surface area (Å²) < 4.78 is 13.4. The fourth-order valence-corrected chi connectivity index (χ4v) is 8.01. The molecule has 0 bridgehead atoms. The molecule has 0 aromatic heterocycles. The standard InChI is InChI=1S/C35H55NO3S/c1-8-11-13-16-25(4)26(5)27-21-30(38-33(37)34(6,7)17-20-36-18-14-12-15-19-36)32-28-23-40-24-29(28)35(9-2,10-3)39-31(32)22-27/h21-22,25-26H,8-20,23-24H2,1-7H3. The molecular formula is C35H55NO3S. The Morgan fingerprint density at radius 1 is 1.07 bits per heavy atom. The third-order valence-corrected chi connectivity index (χ3v) is 11.1. The monoisotopic (exact) mass is 569 g/mol. The molecular weight excluding hydrogens is 514 g/mol. The van der Waals surface area contributed by atoms with E-state index in [0.717, 1.165) is 61.7 Å². The Morgan fingerprint density at radius 3 is 2.48 bits per heavy atom. The molecule has 4 nitrogen and oxygen atoms in total. The smallest absolute Gasteiger partial charge is 0.316 e. The number of hydrogen-bond acceptors (Lipinski definition) is 5. The van der Waals surface area contributed by atoms with Gasteiger partial charge in [-0.2, -0.15) is 11.8 Å². The lowest BCUT2D eigenvalue weighted by molar-refractivity contribution is -0.144. The molecule has 4 rings (SSSR count). The SMILES string of the molecule is CCCCCC(C)C(C)c1cc(OC(=O)C(C)(C)CCN2CCCCC2)c2c(c1)OC(CC)(CC)C1=C2CSC1. The van der Waals surface area contributed by atoms with Crippen LogP contribution in [0.25, 0.3) is 5.57 Å². The molecule has 1 aromatic rings. The van der Waals surface area contributed by atoms with Crippen molar-refractivity contribution >= 4 is 23.3 Å². The molecule has 0 saturated carbocycles. The number of ether oxygens (including phenoxy) is 2. The minimum Gasteiger partial charge on any atom is -0.482 e. The summed E-state index contributed by atoms with van der Waals surface area (Å²) in [5, 5.41) is 0. The van der Waals surface area contributed by atoms with Crippen LogP contribution in [-0.4, -0.2) is 47.6 Å². The van der Waals surface area contributed by atoms with Crippen LogP contribution in [0.3, 0.4) is 0 Å². The molecule has 0 radical (unpaired) electrons. The molecule has 0 N–H and O–H groups in total. The minimum absolute atomic E-state index is 0.122. The molecule has 3 heterocycles. The Labute approximate surface area is 249 Å². The lowest BCUT2D eigenvalue weighted by atomic mass is 9.79. The van der Waals surface area contributed by atoms with Gasteiger partial charge >= 0.3 is 5.97 Å². The lowest BCUT2D eigenvalue weighted by Crippen LogP contribution is -2.40. The second kappa shape index (κ2) is 13.7. The first-order valence-corrected chi connectivity index (χ1v) is 17.4. The summed E-state index contributed by atoms with van der Waals surface area (Å²) in [4.78, 5) is 16.3. The van der Waals surface area contributed by atoms with Gasteiger partial charge in [-0.25, -0.2) is 0 Å². The average Bonchev–Trinajstić information content (AvgIpc) is 3.46. The van der Waals surface area contributed by atoms with E-state index < -0.39 is 5.41 Å². The van der Waals surface area contributed by atoms with Crippen LogP contribution in [0.15, 0.2) is 17.7 Å². The van der Waals surface area contributed by atoms with Crippen LogP contribution in [0.4, 0.5) is 0 Å². The Bertz CT molecular complexity index is 1050. The molecule has 5 heteroatoms. The third-order valence-electron chi connectivity index (χ3n) is 10.1. The number of esters is 1. The first kappa shape index (κ1) is 31.5. The molecule has 3 aliphatic rings. The minimum atomic E-state index is -0.548. The molecule has 0 aliphatic carbocycles. The van der Waals surface area contributed by atoms with E-state index in [1.165, 1.54) is 61.7 Å². The second-order valence-electron chi connectivity index (χ2n) is 13.3. The zero-order valence-corrected chi connectivity index (χ0v) is 27.3. The van der Waals surface area contributed by atoms with Crippen molar-refractivity contribution in [3.63, 3.8) is 0 Å². The predicted octanol–water partition coefficient (Wildman–Crippen LogP) is 9.27. The van der Waals surface area contributed by atoms with Gasteiger partial charge in [0.1, 0.15) is 17.1 Å². The molecule has 1 saturated heterocycles. The number of hydrogen-bond donors (Lipinski definition) is 0. The van der Waals surface area contributed by atoms with Crippen LogP contribution >= 0.6 is 11.8 Å². The number of likely N-dealkylation sites (tertiary alicyclic amines) is 1. The number of unbranched alkanes of at least 4 members (excludes halogenated alkanes) is 2. The number of piperidine rings is 1. The summed E-state index contributed by atoms with van der Waals surface area (Å²) in [6, 6.07) is 4.46. The van der Waals surface area contributed by atoms with Crippen molar-refractivity contribution in [2.45, 2.75) is 124 Å². The molecule has 1 fully saturated rings. The predicted molar refractivity (Wildman–Crippen MR) is 171 cm³/mol. The molecule has 3 aliphatic heterocycles. The zero-order valence-electron chi connectivity index (χ0n) is 26.5. The summed E-state index contributed by atoms with van der Waals surface area (Å²) in [7, 11) is 0. The van der Waals surface area contributed by atoms with Gasteiger partial charge < -0.3 is 14.4 Å². The molecule has 224 valence electrons. The summed E-state index contributed by atoms with van der Waals surface area (Å²) in [5.41, 5.74) is 4.21. The van der Waals surface area contributed by atoms with Crippen LogP contribution in [0.2, 0.25) is 0 Å². The van der Waals surface area contributed by atoms with Gasteiger partial charge in [-0.15, -0.1) is 0 Å². The van der Waals surface area contributed by atoms with E-state index in [4.69, 9.17) is 9.47 Å². The van der Waals surface area contributed by atoms with Gasteiger partial charge in [-0.1, -0.05) is 66.7 Å². The van der Waals surface area contributed by atoms with Crippen molar-refractivity contribution in [1.82, 2.24) is 4.90 Å². The zero-order chi connectivity index (χ0) is 28.9. The summed E-state index contributed by atoms with van der Waals surface area (Å²) in [6.07, 6.45) is 11.6. The number of carbonyl (C=O) groups excluding carboxylic acids is 1. The third kappa shape index (κ3) is 6.77. The molecule has 0 amide bonds. The van der Waals surface area contributed by atoms with Gasteiger partial charge in [0.05, 0.1) is 11.0 Å². The average molecular weight is 570 g/mol. The lowest BCUT2D eigenvalue weighted by Gasteiger charge is -2.40. The maximum absolute atomic E-state index is 13.8. The quantitative estimate of drug-likeness (QED) is 0.134. The highest BCUT2D eigenvalue weighted by molar-refractivity contribution is 8.00. The Kier molecular flexibility index (Phi) is 10.8. The van der Waals surface area contributed by atoms with Crippen LogP contribution < -0.4 is 9.47 Å². The summed E-state index contributed by atoms with van der Waals surface area (Å²) in [6.45, 7) is 18.8. The van der Waals surface area contributed by atoms with Gasteiger partial charge in [-0.3, -0.25) is 4.79 Å². The van der Waals surface area contributed by atoms with Crippen molar-refractivity contribution in [2.24, 2.45) is 11.3 Å². The van der Waals surface area contributed by atoms with Crippen LogP contribution in [0.1, 0.15) is 130 Å². The normalized spacial score (nSPS) is 20.5. The van der Waals surface area contributed by atoms with Gasteiger partial charge in [0.25, 0.3) is 0 Å². The van der Waals surface area contributed by atoms with E-state index in [-0.39, 0.29) is 11.6 Å². The molecule has 2 atom stereocenters. The van der Waals surface area contributed by atoms with Gasteiger partial charge in [-0.05, 0) is 106 Å². The topological polar surface area (TPSA) is 38.8 Å². The van der Waals surface area contributed by atoms with Gasteiger partial charge in [0.15, 0.2) is 0 Å². The highest BCUT2D eigenvalue weighted by Gasteiger charge is 2.44. The maximum atomic E-state index is 13.8. The van der Waals surface area contributed by atoms with Crippen LogP contribution in [0.5, 0.6) is 11.5 Å². The fourth-order valence-electron chi connectivity index (χ4n) is 6.74. The molecule has 0 spiro atoms. The summed E-state index contributed by atoms with van der Waals surface area (Å²) >= 11 is 1.96. The number of thioether (sulfide) groups is 1. The fraction of sp³-hybridized carbons (Fsp3) is 0.743. The molecule has 40 heavy (non-hydrogen) atoms. The highest BCUT2D eigenvalue weighted by Crippen LogP contribution is 2.53. The second-order valence-corrected chi connectivity index (χ2v) is 14.3. The van der Waals surface area contributed by atoms with Crippen molar-refractivity contribution < 1.29 is 14.3 Å². The number of carbonyl (C=O) groups is 1. The number of rotatable bonds is 13. The van der Waals surface area contributed by atoms with E-state index in [0.29, 0.717) is 17.6 Å². The van der Waals surface area contributed by atoms with Crippen molar-refractivity contribution in [3.05, 3.63) is 28.8 Å². The first-order chi connectivity index (χ1) is 19.2. The number of benzene rings is 1. The Morgan fingerprint density at radius 2 is 1.80 bits per heavy atom. The molecule has 1 aromatic carbocycles. The van der Waals surface area contributed by atoms with Crippen molar-refractivity contribution in [1.29, 1.82) is 0 Å². The van der Waals surface area contributed by atoms with E-state index in [2.05, 4.69) is 65.5 Å². The van der Waals surface area contributed by atoms with Crippen molar-refractivity contribution in [2.75, 3.05) is 31.1 Å². The Hall–Kier alpha value is -1.46. The van der Waals surface area contributed by atoms with E-state index in [9.17, 15) is 4.79 Å². The summed E-state index contributed by atoms with van der Waals surface area (Å²) in [5.74, 6) is 4.38. The van der Waals surface area contributed by atoms with Crippen LogP contribution in [-0.2, 0) is 4.79 Å². The number of fused-ring (bicyclic) bond motifs is 2. The molecule has 2 unspecified atom stereocenters. The highest BCUT2D eigenvalue weighted by atomic mass is 32.2. The van der Waals surface area contributed by atoms with E-state index in [1.54, 1.807) is 0 Å². The van der Waals surface area contributed by atoms with Gasteiger partial charge in [0.2, 0.25) is 0 Å². The van der Waals surface area contributed by atoms with Crippen LogP contribution in [0, 0.1) is 11.3 Å². The number of nitrogens with zero attached hydrogens (tertiary/aromatic N) is 1. The van der Waals surface area contributed by atoms with Crippen molar-refractivity contribution in [3.8, 4) is 11.5 Å². The maximum Gasteiger partial charge on any atom is 0.316 e.